The molecule has 0 saturated heterocycles. The zero-order chi connectivity index (χ0) is 11.6. The minimum Gasteiger partial charge on any atom is -0.467 e. The summed E-state index contributed by atoms with van der Waals surface area (Å²) in [5.74, 6) is 0.918. The quantitative estimate of drug-likeness (QED) is 0.502. The van der Waals surface area contributed by atoms with E-state index in [1.807, 2.05) is 18.2 Å². The highest BCUT2D eigenvalue weighted by molar-refractivity contribution is 5.33. The van der Waals surface area contributed by atoms with Crippen LogP contribution < -0.4 is 4.74 Å². The van der Waals surface area contributed by atoms with Crippen LogP contribution in [0, 0.1) is 0 Å². The summed E-state index contributed by atoms with van der Waals surface area (Å²) in [7, 11) is 1.65. The Labute approximate surface area is 97.3 Å². The molecule has 1 aromatic rings. The monoisotopic (exact) mass is 224 g/mol. The second kappa shape index (κ2) is 8.13. The lowest BCUT2D eigenvalue weighted by atomic mass is 10.1. The fourth-order valence-electron chi connectivity index (χ4n) is 1.43. The van der Waals surface area contributed by atoms with Gasteiger partial charge in [0, 0.05) is 7.11 Å². The number of methoxy groups -OCH3 is 1. The Morgan fingerprint density at radius 3 is 2.69 bits per heavy atom. The fourth-order valence-corrected chi connectivity index (χ4v) is 1.43. The Hall–Kier alpha value is -1.06. The molecule has 1 aromatic carbocycles. The summed E-state index contributed by atoms with van der Waals surface area (Å²) in [5.41, 5.74) is 1.24. The lowest BCUT2D eigenvalue weighted by Gasteiger charge is -2.10. The second-order valence-corrected chi connectivity index (χ2v) is 3.52. The Bertz CT molecular complexity index is 286. The van der Waals surface area contributed by atoms with Gasteiger partial charge in [-0.05, 0) is 18.1 Å². The fraction of sp³-hybridized carbons (Fsp3) is 0.538. The number of rotatable bonds is 8. The van der Waals surface area contributed by atoms with Gasteiger partial charge < -0.3 is 14.2 Å². The van der Waals surface area contributed by atoms with E-state index in [1.165, 1.54) is 5.56 Å². The van der Waals surface area contributed by atoms with Crippen molar-refractivity contribution in [2.24, 2.45) is 0 Å². The molecule has 0 aromatic heterocycles. The van der Waals surface area contributed by atoms with Gasteiger partial charge in [-0.1, -0.05) is 31.5 Å². The number of hydrogen-bond acceptors (Lipinski definition) is 3. The average molecular weight is 224 g/mol. The van der Waals surface area contributed by atoms with Crippen LogP contribution in [0.2, 0.25) is 0 Å². The van der Waals surface area contributed by atoms with Gasteiger partial charge in [0.25, 0.3) is 0 Å². The summed E-state index contributed by atoms with van der Waals surface area (Å²) < 4.78 is 15.7. The zero-order valence-electron chi connectivity index (χ0n) is 10.1. The van der Waals surface area contributed by atoms with Gasteiger partial charge >= 0.3 is 0 Å². The summed E-state index contributed by atoms with van der Waals surface area (Å²) in [5, 5.41) is 0. The first kappa shape index (κ1) is 13.0. The third kappa shape index (κ3) is 4.64. The Morgan fingerprint density at radius 2 is 1.94 bits per heavy atom. The molecule has 3 nitrogen and oxygen atoms in total. The summed E-state index contributed by atoms with van der Waals surface area (Å²) >= 11 is 0. The Kier molecular flexibility index (Phi) is 6.61. The van der Waals surface area contributed by atoms with Crippen LogP contribution in [0.3, 0.4) is 0 Å². The molecule has 3 heteroatoms. The first-order valence-corrected chi connectivity index (χ1v) is 5.66. The van der Waals surface area contributed by atoms with E-state index in [1.54, 1.807) is 7.11 Å². The molecule has 0 N–H and O–H groups in total. The first-order valence-electron chi connectivity index (χ1n) is 5.66. The molecule has 0 aliphatic rings. The molecule has 1 rings (SSSR count). The van der Waals surface area contributed by atoms with Crippen LogP contribution >= 0.6 is 0 Å². The summed E-state index contributed by atoms with van der Waals surface area (Å²) in [6.07, 6.45) is 2.15. The molecule has 0 spiro atoms. The van der Waals surface area contributed by atoms with Crippen molar-refractivity contribution < 1.29 is 14.2 Å². The summed E-state index contributed by atoms with van der Waals surface area (Å²) in [4.78, 5) is 0. The largest absolute Gasteiger partial charge is 0.467 e. The topological polar surface area (TPSA) is 27.7 Å². The molecule has 90 valence electrons. The van der Waals surface area contributed by atoms with Gasteiger partial charge in [0.1, 0.15) is 5.75 Å². The van der Waals surface area contributed by atoms with Crippen molar-refractivity contribution in [1.29, 1.82) is 0 Å². The average Bonchev–Trinajstić information content (AvgIpc) is 2.31. The van der Waals surface area contributed by atoms with Crippen molar-refractivity contribution in [2.45, 2.75) is 19.8 Å². The van der Waals surface area contributed by atoms with E-state index in [9.17, 15) is 0 Å². The number of para-hydroxylation sites is 1. The molecule has 0 saturated carbocycles. The Balaban J connectivity index is 2.34. The Morgan fingerprint density at radius 1 is 1.12 bits per heavy atom. The van der Waals surface area contributed by atoms with E-state index in [-0.39, 0.29) is 6.79 Å². The minimum absolute atomic E-state index is 0.282. The standard InChI is InChI=1S/C13H20O3/c1-3-6-12-7-4-5-8-13(12)16-11-15-10-9-14-2/h4-5,7-8H,3,6,9-11H2,1-2H3. The van der Waals surface area contributed by atoms with E-state index in [0.717, 1.165) is 18.6 Å². The van der Waals surface area contributed by atoms with Crippen molar-refractivity contribution in [1.82, 2.24) is 0 Å². The van der Waals surface area contributed by atoms with Gasteiger partial charge in [0.2, 0.25) is 0 Å². The number of hydrogen-bond donors (Lipinski definition) is 0. The van der Waals surface area contributed by atoms with Gasteiger partial charge in [0.05, 0.1) is 13.2 Å². The van der Waals surface area contributed by atoms with Crippen LogP contribution in [0.5, 0.6) is 5.75 Å². The van der Waals surface area contributed by atoms with Crippen LogP contribution in [0.4, 0.5) is 0 Å². The van der Waals surface area contributed by atoms with Gasteiger partial charge in [-0.25, -0.2) is 0 Å². The maximum absolute atomic E-state index is 5.56. The van der Waals surface area contributed by atoms with Gasteiger partial charge in [-0.15, -0.1) is 0 Å². The highest BCUT2D eigenvalue weighted by atomic mass is 16.7. The normalized spacial score (nSPS) is 10.4. The van der Waals surface area contributed by atoms with Crippen LogP contribution in [-0.2, 0) is 15.9 Å². The third-order valence-corrected chi connectivity index (χ3v) is 2.22. The molecule has 0 aliphatic heterocycles. The summed E-state index contributed by atoms with van der Waals surface area (Å²) in [6, 6.07) is 8.08. The van der Waals surface area contributed by atoms with Crippen molar-refractivity contribution in [2.75, 3.05) is 27.1 Å². The molecule has 0 aliphatic carbocycles. The maximum atomic E-state index is 5.56. The minimum atomic E-state index is 0.282. The van der Waals surface area contributed by atoms with Crippen LogP contribution in [-0.4, -0.2) is 27.1 Å². The SMILES string of the molecule is CCCc1ccccc1OCOCCOC. The van der Waals surface area contributed by atoms with Gasteiger partial charge in [-0.3, -0.25) is 0 Å². The van der Waals surface area contributed by atoms with Crippen LogP contribution in [0.25, 0.3) is 0 Å². The molecule has 0 amide bonds. The second-order valence-electron chi connectivity index (χ2n) is 3.52. The van der Waals surface area contributed by atoms with Gasteiger partial charge in [0.15, 0.2) is 6.79 Å². The summed E-state index contributed by atoms with van der Waals surface area (Å²) in [6.45, 7) is 3.60. The van der Waals surface area contributed by atoms with Crippen LogP contribution in [0.1, 0.15) is 18.9 Å². The number of aryl methyl sites for hydroxylation is 1. The molecular weight excluding hydrogens is 204 g/mol. The molecule has 0 heterocycles. The molecule has 0 bridgehead atoms. The molecule has 0 radical (unpaired) electrons. The highest BCUT2D eigenvalue weighted by Gasteiger charge is 2.01. The lowest BCUT2D eigenvalue weighted by molar-refractivity contribution is -0.00886. The highest BCUT2D eigenvalue weighted by Crippen LogP contribution is 2.19. The van der Waals surface area contributed by atoms with E-state index in [4.69, 9.17) is 14.2 Å². The third-order valence-electron chi connectivity index (χ3n) is 2.22. The molecular formula is C13H20O3. The van der Waals surface area contributed by atoms with Gasteiger partial charge in [-0.2, -0.15) is 0 Å². The van der Waals surface area contributed by atoms with E-state index >= 15 is 0 Å². The molecule has 0 fully saturated rings. The maximum Gasteiger partial charge on any atom is 0.189 e. The lowest BCUT2D eigenvalue weighted by Crippen LogP contribution is -2.08. The zero-order valence-corrected chi connectivity index (χ0v) is 10.1. The predicted octanol–water partition coefficient (Wildman–Crippen LogP) is 2.64. The molecule has 0 unspecified atom stereocenters. The van der Waals surface area contributed by atoms with Crippen molar-refractivity contribution in [3.8, 4) is 5.75 Å². The van der Waals surface area contributed by atoms with Crippen molar-refractivity contribution >= 4 is 0 Å². The van der Waals surface area contributed by atoms with E-state index in [2.05, 4.69) is 13.0 Å². The molecule has 16 heavy (non-hydrogen) atoms. The predicted molar refractivity (Wildman–Crippen MR) is 63.8 cm³/mol. The van der Waals surface area contributed by atoms with E-state index < -0.39 is 0 Å². The first-order chi connectivity index (χ1) is 7.88. The number of ether oxygens (including phenoxy) is 3. The van der Waals surface area contributed by atoms with Crippen molar-refractivity contribution in [3.63, 3.8) is 0 Å². The number of benzene rings is 1. The van der Waals surface area contributed by atoms with E-state index in [0.29, 0.717) is 13.2 Å². The molecule has 0 atom stereocenters. The smallest absolute Gasteiger partial charge is 0.189 e. The van der Waals surface area contributed by atoms with Crippen LogP contribution in [0.15, 0.2) is 24.3 Å². The van der Waals surface area contributed by atoms with Crippen molar-refractivity contribution in [3.05, 3.63) is 29.8 Å².